The molecule has 0 saturated heterocycles. The Morgan fingerprint density at radius 1 is 1.20 bits per heavy atom. The number of tetrazole rings is 1. The molecule has 0 aliphatic heterocycles. The second kappa shape index (κ2) is 3.98. The first-order valence-corrected chi connectivity index (χ1v) is 5.10. The average molecular weight is 223 g/mol. The zero-order valence-corrected chi connectivity index (χ0v) is 9.31. The van der Waals surface area contributed by atoms with Gasteiger partial charge in [-0.05, 0) is 34.7 Å². The van der Waals surface area contributed by atoms with E-state index in [-0.39, 0.29) is 5.92 Å². The van der Waals surface area contributed by atoms with Gasteiger partial charge in [-0.25, -0.2) is 0 Å². The maximum absolute atomic E-state index is 5.81. The second-order valence-electron chi connectivity index (χ2n) is 3.58. The van der Waals surface area contributed by atoms with E-state index in [0.717, 1.165) is 11.5 Å². The zero-order chi connectivity index (χ0) is 10.8. The van der Waals surface area contributed by atoms with Crippen molar-refractivity contribution >= 4 is 11.6 Å². The first-order chi connectivity index (χ1) is 7.18. The minimum absolute atomic E-state index is 0.288. The van der Waals surface area contributed by atoms with Gasteiger partial charge in [-0.3, -0.25) is 0 Å². The maximum atomic E-state index is 5.81. The third-order valence-corrected chi connectivity index (χ3v) is 2.33. The minimum Gasteiger partial charge on any atom is -0.197 e. The van der Waals surface area contributed by atoms with E-state index in [0.29, 0.717) is 5.02 Å². The first-order valence-electron chi connectivity index (χ1n) is 4.72. The minimum atomic E-state index is 0.288. The highest BCUT2D eigenvalue weighted by Crippen LogP contribution is 2.17. The van der Waals surface area contributed by atoms with Crippen LogP contribution < -0.4 is 0 Å². The molecule has 0 amide bonds. The quantitative estimate of drug-likeness (QED) is 0.784. The Kier molecular flexibility index (Phi) is 2.68. The van der Waals surface area contributed by atoms with Gasteiger partial charge in [0.05, 0.1) is 5.69 Å². The molecule has 15 heavy (non-hydrogen) atoms. The summed E-state index contributed by atoms with van der Waals surface area (Å²) in [7, 11) is 0. The highest BCUT2D eigenvalue weighted by atomic mass is 35.5. The number of nitrogens with zero attached hydrogens (tertiary/aromatic N) is 4. The number of rotatable bonds is 2. The number of hydrogen-bond donors (Lipinski definition) is 0. The molecule has 1 heterocycles. The Bertz CT molecular complexity index is 447. The predicted octanol–water partition coefficient (Wildman–Crippen LogP) is 2.44. The molecular weight excluding hydrogens is 212 g/mol. The molecule has 5 heteroatoms. The van der Waals surface area contributed by atoms with Crippen molar-refractivity contribution in [3.05, 3.63) is 35.1 Å². The van der Waals surface area contributed by atoms with Crippen molar-refractivity contribution in [2.45, 2.75) is 19.8 Å². The zero-order valence-electron chi connectivity index (χ0n) is 8.55. The van der Waals surface area contributed by atoms with Gasteiger partial charge in [-0.1, -0.05) is 25.4 Å². The van der Waals surface area contributed by atoms with Crippen LogP contribution in [0.15, 0.2) is 24.3 Å². The summed E-state index contributed by atoms with van der Waals surface area (Å²) in [5.74, 6) is 1.13. The Morgan fingerprint density at radius 3 is 2.47 bits per heavy atom. The lowest BCUT2D eigenvalue weighted by molar-refractivity contribution is 0.710. The standard InChI is InChI=1S/C10H11ClN4/c1-7(2)10-12-13-14-15(10)9-5-3-8(11)4-6-9/h3-7H,1-2H3. The lowest BCUT2D eigenvalue weighted by Crippen LogP contribution is -2.04. The summed E-state index contributed by atoms with van der Waals surface area (Å²) in [5.41, 5.74) is 0.924. The number of hydrogen-bond acceptors (Lipinski definition) is 3. The van der Waals surface area contributed by atoms with E-state index < -0.39 is 0 Å². The molecule has 0 atom stereocenters. The summed E-state index contributed by atoms with van der Waals surface area (Å²) in [5, 5.41) is 12.3. The fraction of sp³-hybridized carbons (Fsp3) is 0.300. The summed E-state index contributed by atoms with van der Waals surface area (Å²) in [6, 6.07) is 7.43. The number of halogens is 1. The molecule has 0 N–H and O–H groups in total. The molecule has 1 aromatic heterocycles. The summed E-state index contributed by atoms with van der Waals surface area (Å²) < 4.78 is 1.72. The summed E-state index contributed by atoms with van der Waals surface area (Å²) >= 11 is 5.81. The Balaban J connectivity index is 2.45. The molecule has 0 fully saturated rings. The van der Waals surface area contributed by atoms with E-state index in [9.17, 15) is 0 Å². The van der Waals surface area contributed by atoms with E-state index in [4.69, 9.17) is 11.6 Å². The monoisotopic (exact) mass is 222 g/mol. The van der Waals surface area contributed by atoms with Crippen LogP contribution in [-0.4, -0.2) is 20.2 Å². The average Bonchev–Trinajstić information content (AvgIpc) is 2.67. The molecule has 0 saturated carbocycles. The highest BCUT2D eigenvalue weighted by Gasteiger charge is 2.11. The van der Waals surface area contributed by atoms with E-state index >= 15 is 0 Å². The van der Waals surface area contributed by atoms with Crippen molar-refractivity contribution in [1.29, 1.82) is 0 Å². The molecule has 0 radical (unpaired) electrons. The van der Waals surface area contributed by atoms with Crippen LogP contribution in [0.25, 0.3) is 5.69 Å². The second-order valence-corrected chi connectivity index (χ2v) is 4.02. The van der Waals surface area contributed by atoms with Crippen molar-refractivity contribution in [3.63, 3.8) is 0 Å². The molecule has 0 aliphatic carbocycles. The van der Waals surface area contributed by atoms with Crippen LogP contribution >= 0.6 is 11.6 Å². The van der Waals surface area contributed by atoms with Crippen LogP contribution in [0, 0.1) is 0 Å². The highest BCUT2D eigenvalue weighted by molar-refractivity contribution is 6.30. The van der Waals surface area contributed by atoms with Crippen molar-refractivity contribution in [2.24, 2.45) is 0 Å². The Labute approximate surface area is 92.9 Å². The summed E-state index contributed by atoms with van der Waals surface area (Å²) in [6.07, 6.45) is 0. The van der Waals surface area contributed by atoms with Gasteiger partial charge in [0.1, 0.15) is 0 Å². The van der Waals surface area contributed by atoms with Crippen LogP contribution in [0.1, 0.15) is 25.6 Å². The molecule has 0 unspecified atom stereocenters. The molecule has 0 spiro atoms. The van der Waals surface area contributed by atoms with E-state index in [2.05, 4.69) is 29.4 Å². The smallest absolute Gasteiger partial charge is 0.159 e. The van der Waals surface area contributed by atoms with E-state index in [1.54, 1.807) is 4.68 Å². The predicted molar refractivity (Wildman–Crippen MR) is 58.3 cm³/mol. The molecule has 2 rings (SSSR count). The fourth-order valence-electron chi connectivity index (χ4n) is 1.32. The molecule has 0 aliphatic rings. The molecule has 1 aromatic carbocycles. The van der Waals surface area contributed by atoms with Gasteiger partial charge in [-0.15, -0.1) is 5.10 Å². The van der Waals surface area contributed by atoms with E-state index in [1.165, 1.54) is 0 Å². The molecular formula is C10H11ClN4. The number of aromatic nitrogens is 4. The summed E-state index contributed by atoms with van der Waals surface area (Å²) in [4.78, 5) is 0. The number of benzene rings is 1. The topological polar surface area (TPSA) is 43.6 Å². The van der Waals surface area contributed by atoms with Gasteiger partial charge in [-0.2, -0.15) is 4.68 Å². The molecule has 2 aromatic rings. The normalized spacial score (nSPS) is 10.9. The third-order valence-electron chi connectivity index (χ3n) is 2.08. The van der Waals surface area contributed by atoms with Gasteiger partial charge in [0, 0.05) is 10.9 Å². The fourth-order valence-corrected chi connectivity index (χ4v) is 1.45. The molecule has 0 bridgehead atoms. The third kappa shape index (κ3) is 1.99. The maximum Gasteiger partial charge on any atom is 0.159 e. The first kappa shape index (κ1) is 10.1. The van der Waals surface area contributed by atoms with E-state index in [1.807, 2.05) is 24.3 Å². The van der Waals surface area contributed by atoms with Crippen molar-refractivity contribution in [3.8, 4) is 5.69 Å². The SMILES string of the molecule is CC(C)c1nnnn1-c1ccc(Cl)cc1. The van der Waals surface area contributed by atoms with Gasteiger partial charge >= 0.3 is 0 Å². The van der Waals surface area contributed by atoms with Gasteiger partial charge in [0.15, 0.2) is 5.82 Å². The largest absolute Gasteiger partial charge is 0.197 e. The Morgan fingerprint density at radius 2 is 1.87 bits per heavy atom. The van der Waals surface area contributed by atoms with Crippen molar-refractivity contribution in [2.75, 3.05) is 0 Å². The molecule has 78 valence electrons. The summed E-state index contributed by atoms with van der Waals surface area (Å²) in [6.45, 7) is 4.11. The van der Waals surface area contributed by atoms with Gasteiger partial charge in [0.25, 0.3) is 0 Å². The van der Waals surface area contributed by atoms with Gasteiger partial charge < -0.3 is 0 Å². The lowest BCUT2D eigenvalue weighted by Gasteiger charge is -2.06. The molecule has 4 nitrogen and oxygen atoms in total. The van der Waals surface area contributed by atoms with Gasteiger partial charge in [0.2, 0.25) is 0 Å². The van der Waals surface area contributed by atoms with Crippen molar-refractivity contribution < 1.29 is 0 Å². The van der Waals surface area contributed by atoms with Crippen LogP contribution in [0.3, 0.4) is 0 Å². The van der Waals surface area contributed by atoms with Crippen LogP contribution in [0.5, 0.6) is 0 Å². The van der Waals surface area contributed by atoms with Crippen molar-refractivity contribution in [1.82, 2.24) is 20.2 Å². The van der Waals surface area contributed by atoms with Crippen LogP contribution in [0.2, 0.25) is 5.02 Å². The van der Waals surface area contributed by atoms with Crippen LogP contribution in [-0.2, 0) is 0 Å². The lowest BCUT2D eigenvalue weighted by atomic mass is 10.2. The van der Waals surface area contributed by atoms with Crippen LogP contribution in [0.4, 0.5) is 0 Å². The Hall–Kier alpha value is -1.42.